The third-order valence-corrected chi connectivity index (χ3v) is 9.87. The van der Waals surface area contributed by atoms with Crippen molar-refractivity contribution in [2.75, 3.05) is 19.6 Å². The number of aryl methyl sites for hydroxylation is 1. The van der Waals surface area contributed by atoms with Crippen LogP contribution in [0.2, 0.25) is 5.02 Å². The quantitative estimate of drug-likeness (QED) is 0.310. The Kier molecular flexibility index (Phi) is 9.39. The Hall–Kier alpha value is -3.24. The molecule has 2 aliphatic rings. The zero-order chi connectivity index (χ0) is 28.8. The molecule has 0 radical (unpaired) electrons. The smallest absolute Gasteiger partial charge is 0.243 e. The van der Waals surface area contributed by atoms with Crippen LogP contribution in [0.1, 0.15) is 47.6 Å². The Morgan fingerprint density at radius 1 is 1.02 bits per heavy atom. The minimum absolute atomic E-state index is 0.0364. The fraction of sp³-hybridized carbons (Fsp3) is 0.355. The topological polar surface area (TPSA) is 108 Å². The number of fused-ring (bicyclic) bond motifs is 1. The van der Waals surface area contributed by atoms with Crippen LogP contribution in [0.4, 0.5) is 0 Å². The number of rotatable bonds is 10. The average molecular weight is 595 g/mol. The number of amides is 2. The predicted molar refractivity (Wildman–Crippen MR) is 159 cm³/mol. The number of halogens is 1. The number of benzene rings is 3. The number of sulfonamides is 1. The fourth-order valence-electron chi connectivity index (χ4n) is 5.58. The second-order valence-electron chi connectivity index (χ2n) is 10.5. The third kappa shape index (κ3) is 7.16. The summed E-state index contributed by atoms with van der Waals surface area (Å²) < 4.78 is 27.8. The van der Waals surface area contributed by atoms with E-state index in [1.54, 1.807) is 0 Å². The molecule has 1 aliphatic carbocycles. The van der Waals surface area contributed by atoms with Crippen LogP contribution in [-0.4, -0.2) is 50.2 Å². The van der Waals surface area contributed by atoms with Crippen LogP contribution in [0, 0.1) is 0 Å². The molecule has 3 N–H and O–H groups in total. The van der Waals surface area contributed by atoms with E-state index in [1.807, 2.05) is 18.2 Å². The first-order valence-electron chi connectivity index (χ1n) is 14.0. The summed E-state index contributed by atoms with van der Waals surface area (Å²) in [6, 6.07) is 21.3. The highest BCUT2D eigenvalue weighted by Gasteiger charge is 2.40. The summed E-state index contributed by atoms with van der Waals surface area (Å²) in [6.07, 6.45) is 3.33. The van der Waals surface area contributed by atoms with Crippen molar-refractivity contribution >= 4 is 33.4 Å². The van der Waals surface area contributed by atoms with Gasteiger partial charge in [0.2, 0.25) is 21.8 Å². The van der Waals surface area contributed by atoms with Crippen molar-refractivity contribution in [2.24, 2.45) is 0 Å². The van der Waals surface area contributed by atoms with E-state index in [0.29, 0.717) is 5.02 Å². The highest BCUT2D eigenvalue weighted by molar-refractivity contribution is 7.89. The molecular weight excluding hydrogens is 560 g/mol. The van der Waals surface area contributed by atoms with Crippen LogP contribution in [0.15, 0.2) is 77.7 Å². The van der Waals surface area contributed by atoms with Crippen LogP contribution in [0.5, 0.6) is 0 Å². The zero-order valence-electron chi connectivity index (χ0n) is 22.8. The molecule has 0 aromatic heterocycles. The van der Waals surface area contributed by atoms with Crippen LogP contribution < -0.4 is 16.0 Å². The van der Waals surface area contributed by atoms with Crippen molar-refractivity contribution in [3.63, 3.8) is 0 Å². The third-order valence-electron chi connectivity index (χ3n) is 7.70. The van der Waals surface area contributed by atoms with Gasteiger partial charge >= 0.3 is 0 Å². The van der Waals surface area contributed by atoms with E-state index < -0.39 is 22.0 Å². The summed E-state index contributed by atoms with van der Waals surface area (Å²) in [5, 5.41) is 9.69. The van der Waals surface area contributed by atoms with E-state index in [9.17, 15) is 18.0 Å². The van der Waals surface area contributed by atoms with E-state index in [4.69, 9.17) is 11.6 Å². The Morgan fingerprint density at radius 3 is 2.59 bits per heavy atom. The lowest BCUT2D eigenvalue weighted by atomic mass is 9.86. The molecule has 0 bridgehead atoms. The van der Waals surface area contributed by atoms with Crippen molar-refractivity contribution in [2.45, 2.75) is 55.6 Å². The first kappa shape index (κ1) is 29.3. The second-order valence-corrected chi connectivity index (χ2v) is 12.9. The number of nitrogens with one attached hydrogen (secondary N) is 3. The van der Waals surface area contributed by atoms with Gasteiger partial charge in [-0.2, -0.15) is 4.31 Å². The molecule has 1 saturated heterocycles. The lowest BCUT2D eigenvalue weighted by Crippen LogP contribution is -2.58. The normalized spacial score (nSPS) is 19.3. The summed E-state index contributed by atoms with van der Waals surface area (Å²) in [5.74, 6) is -0.825. The van der Waals surface area contributed by atoms with E-state index >= 15 is 0 Å². The zero-order valence-corrected chi connectivity index (χ0v) is 24.4. The Labute approximate surface area is 246 Å². The predicted octanol–water partition coefficient (Wildman–Crippen LogP) is 3.75. The van der Waals surface area contributed by atoms with Crippen LogP contribution in [-0.2, 0) is 39.0 Å². The summed E-state index contributed by atoms with van der Waals surface area (Å²) in [6.45, 7) is 1.97. The Balaban J connectivity index is 1.21. The molecule has 8 nitrogen and oxygen atoms in total. The van der Waals surface area contributed by atoms with Gasteiger partial charge in [0.1, 0.15) is 6.04 Å². The lowest BCUT2D eigenvalue weighted by molar-refractivity contribution is -0.132. The van der Waals surface area contributed by atoms with Crippen LogP contribution in [0.3, 0.4) is 0 Å². The lowest BCUT2D eigenvalue weighted by Gasteiger charge is -2.34. The number of nitrogens with zero attached hydrogens (tertiary/aromatic N) is 1. The maximum absolute atomic E-state index is 13.4. The van der Waals surface area contributed by atoms with Gasteiger partial charge < -0.3 is 16.0 Å². The summed E-state index contributed by atoms with van der Waals surface area (Å²) in [5.41, 5.74) is 4.82. The van der Waals surface area contributed by atoms with Crippen molar-refractivity contribution in [3.05, 3.63) is 100 Å². The van der Waals surface area contributed by atoms with Crippen LogP contribution in [0.25, 0.3) is 0 Å². The van der Waals surface area contributed by atoms with Gasteiger partial charge in [0.05, 0.1) is 17.4 Å². The van der Waals surface area contributed by atoms with E-state index in [1.165, 1.54) is 41.0 Å². The van der Waals surface area contributed by atoms with Crippen molar-refractivity contribution in [3.8, 4) is 0 Å². The number of piperazine rings is 1. The molecule has 1 heterocycles. The minimum Gasteiger partial charge on any atom is -0.353 e. The van der Waals surface area contributed by atoms with Gasteiger partial charge in [-0.1, -0.05) is 60.1 Å². The Bertz CT molecular complexity index is 1480. The molecule has 3 aromatic rings. The molecule has 5 rings (SSSR count). The molecule has 0 saturated carbocycles. The number of carbonyl (C=O) groups is 2. The largest absolute Gasteiger partial charge is 0.353 e. The molecular formula is C31H35ClN4O4S. The number of carbonyl (C=O) groups excluding carboxylic acids is 2. The molecule has 10 heteroatoms. The van der Waals surface area contributed by atoms with Gasteiger partial charge in [-0.05, 0) is 78.7 Å². The van der Waals surface area contributed by atoms with Crippen molar-refractivity contribution < 1.29 is 18.0 Å². The first-order chi connectivity index (χ1) is 19.8. The highest BCUT2D eigenvalue weighted by Crippen LogP contribution is 2.31. The molecule has 41 heavy (non-hydrogen) atoms. The van der Waals surface area contributed by atoms with E-state index in [0.717, 1.165) is 48.6 Å². The maximum Gasteiger partial charge on any atom is 0.243 e. The van der Waals surface area contributed by atoms with E-state index in [2.05, 4.69) is 46.3 Å². The van der Waals surface area contributed by atoms with Crippen molar-refractivity contribution in [1.82, 2.24) is 20.3 Å². The molecule has 0 spiro atoms. The first-order valence-corrected chi connectivity index (χ1v) is 15.8. The summed E-state index contributed by atoms with van der Waals surface area (Å²) in [4.78, 5) is 26.0. The summed E-state index contributed by atoms with van der Waals surface area (Å²) in [7, 11) is -3.99. The SMILES string of the molecule is O=C(C[C@@H]1C(=O)NCCN1S(=O)(=O)c1ccc(Cl)cc1)N[C@@H]1CCCc2cc(CCNCc3ccccc3)ccc21. The highest BCUT2D eigenvalue weighted by atomic mass is 35.5. The second kappa shape index (κ2) is 13.2. The molecule has 3 aromatic carbocycles. The number of hydrogen-bond acceptors (Lipinski definition) is 5. The summed E-state index contributed by atoms with van der Waals surface area (Å²) >= 11 is 5.93. The molecule has 0 unspecified atom stereocenters. The van der Waals surface area contributed by atoms with E-state index in [-0.39, 0.29) is 36.4 Å². The van der Waals surface area contributed by atoms with Crippen molar-refractivity contribution in [1.29, 1.82) is 0 Å². The van der Waals surface area contributed by atoms with Crippen LogP contribution >= 0.6 is 11.6 Å². The minimum atomic E-state index is -3.99. The molecule has 2 atom stereocenters. The van der Waals surface area contributed by atoms with Gasteiger partial charge in [0.25, 0.3) is 0 Å². The monoisotopic (exact) mass is 594 g/mol. The van der Waals surface area contributed by atoms with Gasteiger partial charge in [0.15, 0.2) is 0 Å². The molecule has 1 fully saturated rings. The molecule has 216 valence electrons. The fourth-order valence-corrected chi connectivity index (χ4v) is 7.29. The number of hydrogen-bond donors (Lipinski definition) is 3. The molecule has 2 amide bonds. The van der Waals surface area contributed by atoms with Gasteiger partial charge in [-0.25, -0.2) is 8.42 Å². The van der Waals surface area contributed by atoms with Gasteiger partial charge in [-0.15, -0.1) is 0 Å². The Morgan fingerprint density at radius 2 is 1.80 bits per heavy atom. The standard InChI is InChI=1S/C31H35ClN4O4S/c32-25-10-12-26(13-11-25)41(39,40)36-18-17-34-31(38)29(36)20-30(37)35-28-8-4-7-24-19-22(9-14-27(24)28)15-16-33-21-23-5-2-1-3-6-23/h1-3,5-6,9-14,19,28-29,33H,4,7-8,15-18,20-21H2,(H,34,38)(H,35,37)/t28-,29-/m1/s1. The van der Waals surface area contributed by atoms with Gasteiger partial charge in [-0.3, -0.25) is 9.59 Å². The average Bonchev–Trinajstić information content (AvgIpc) is 2.97. The van der Waals surface area contributed by atoms with Gasteiger partial charge in [0, 0.05) is 24.7 Å². The maximum atomic E-state index is 13.4. The molecule has 1 aliphatic heterocycles.